The van der Waals surface area contributed by atoms with Gasteiger partial charge in [-0.3, -0.25) is 0 Å². The number of nitrogens with one attached hydrogen (secondary N) is 1. The number of halogens is 2. The zero-order valence-corrected chi connectivity index (χ0v) is 13.4. The van der Waals surface area contributed by atoms with Gasteiger partial charge in [0.25, 0.3) is 0 Å². The van der Waals surface area contributed by atoms with Gasteiger partial charge >= 0.3 is 0 Å². The molecule has 0 aliphatic heterocycles. The van der Waals surface area contributed by atoms with E-state index in [0.29, 0.717) is 6.04 Å². The molecule has 2 aromatic carbocycles. The van der Waals surface area contributed by atoms with Crippen molar-refractivity contribution < 1.29 is 0 Å². The van der Waals surface area contributed by atoms with Crippen LogP contribution in [-0.2, 0) is 0 Å². The van der Waals surface area contributed by atoms with Crippen molar-refractivity contribution in [1.82, 2.24) is 5.32 Å². The SMILES string of the molecule is CC(N[C@H](C)c1ccc(Br)cc1)c1ccc(Cl)cc1. The topological polar surface area (TPSA) is 12.0 Å². The number of hydrogen-bond acceptors (Lipinski definition) is 1. The predicted molar refractivity (Wildman–Crippen MR) is 85.6 cm³/mol. The maximum Gasteiger partial charge on any atom is 0.0406 e. The molecule has 0 radical (unpaired) electrons. The molecule has 0 saturated heterocycles. The summed E-state index contributed by atoms with van der Waals surface area (Å²) in [6, 6.07) is 17.0. The Balaban J connectivity index is 2.03. The molecule has 100 valence electrons. The molecular formula is C16H17BrClN. The molecule has 0 amide bonds. The largest absolute Gasteiger partial charge is 0.304 e. The maximum atomic E-state index is 5.91. The van der Waals surface area contributed by atoms with Crippen molar-refractivity contribution in [3.05, 3.63) is 69.2 Å². The molecule has 0 heterocycles. The first-order valence-corrected chi connectivity index (χ1v) is 7.50. The van der Waals surface area contributed by atoms with Gasteiger partial charge in [0.15, 0.2) is 0 Å². The lowest BCUT2D eigenvalue weighted by molar-refractivity contribution is 0.494. The molecule has 2 atom stereocenters. The second kappa shape index (κ2) is 6.56. The van der Waals surface area contributed by atoms with E-state index in [1.807, 2.05) is 12.1 Å². The average Bonchev–Trinajstić information content (AvgIpc) is 2.40. The lowest BCUT2D eigenvalue weighted by Crippen LogP contribution is -2.22. The summed E-state index contributed by atoms with van der Waals surface area (Å²) in [6.07, 6.45) is 0. The van der Waals surface area contributed by atoms with Crippen LogP contribution in [0, 0.1) is 0 Å². The van der Waals surface area contributed by atoms with E-state index in [-0.39, 0.29) is 6.04 Å². The summed E-state index contributed by atoms with van der Waals surface area (Å²) < 4.78 is 1.11. The van der Waals surface area contributed by atoms with Gasteiger partial charge in [-0.2, -0.15) is 0 Å². The molecule has 3 heteroatoms. The van der Waals surface area contributed by atoms with Crippen molar-refractivity contribution in [3.8, 4) is 0 Å². The molecule has 0 bridgehead atoms. The molecule has 2 rings (SSSR count). The van der Waals surface area contributed by atoms with Crippen molar-refractivity contribution in [1.29, 1.82) is 0 Å². The average molecular weight is 339 g/mol. The van der Waals surface area contributed by atoms with E-state index in [2.05, 4.69) is 71.5 Å². The van der Waals surface area contributed by atoms with E-state index in [1.165, 1.54) is 11.1 Å². The lowest BCUT2D eigenvalue weighted by Gasteiger charge is -2.21. The van der Waals surface area contributed by atoms with E-state index < -0.39 is 0 Å². The summed E-state index contributed by atoms with van der Waals surface area (Å²) in [5.74, 6) is 0. The molecule has 0 aromatic heterocycles. The van der Waals surface area contributed by atoms with Crippen LogP contribution in [0.25, 0.3) is 0 Å². The van der Waals surface area contributed by atoms with Crippen molar-refractivity contribution in [2.45, 2.75) is 25.9 Å². The van der Waals surface area contributed by atoms with Gasteiger partial charge in [-0.05, 0) is 49.2 Å². The predicted octanol–water partition coefficient (Wildman–Crippen LogP) is 5.51. The van der Waals surface area contributed by atoms with Gasteiger partial charge in [-0.1, -0.05) is 51.8 Å². The first-order chi connectivity index (χ1) is 9.06. The van der Waals surface area contributed by atoms with Crippen LogP contribution < -0.4 is 5.32 Å². The normalized spacial score (nSPS) is 14.1. The fourth-order valence-electron chi connectivity index (χ4n) is 2.07. The molecule has 0 aliphatic carbocycles. The van der Waals surface area contributed by atoms with E-state index in [1.54, 1.807) is 0 Å². The molecule has 0 fully saturated rings. The van der Waals surface area contributed by atoms with Gasteiger partial charge in [-0.25, -0.2) is 0 Å². The zero-order valence-electron chi connectivity index (χ0n) is 11.0. The smallest absolute Gasteiger partial charge is 0.0406 e. The van der Waals surface area contributed by atoms with Crippen molar-refractivity contribution in [2.24, 2.45) is 0 Å². The molecule has 19 heavy (non-hydrogen) atoms. The standard InChI is InChI=1S/C16H17BrClN/c1-11(13-3-7-15(17)8-4-13)19-12(2)14-5-9-16(18)10-6-14/h3-12,19H,1-2H3/t11-,12?/m1/s1. The Hall–Kier alpha value is -0.830. The summed E-state index contributed by atoms with van der Waals surface area (Å²) in [4.78, 5) is 0. The van der Waals surface area contributed by atoms with E-state index in [4.69, 9.17) is 11.6 Å². The highest BCUT2D eigenvalue weighted by molar-refractivity contribution is 9.10. The number of rotatable bonds is 4. The third-order valence-corrected chi connectivity index (χ3v) is 4.02. The quantitative estimate of drug-likeness (QED) is 0.774. The van der Waals surface area contributed by atoms with Gasteiger partial charge < -0.3 is 5.32 Å². The fourth-order valence-corrected chi connectivity index (χ4v) is 2.46. The second-order valence-electron chi connectivity index (χ2n) is 4.71. The second-order valence-corrected chi connectivity index (χ2v) is 6.07. The highest BCUT2D eigenvalue weighted by atomic mass is 79.9. The summed E-state index contributed by atoms with van der Waals surface area (Å²) >= 11 is 9.36. The molecule has 0 spiro atoms. The molecule has 0 saturated carbocycles. The Labute approximate surface area is 128 Å². The van der Waals surface area contributed by atoms with Gasteiger partial charge in [0.05, 0.1) is 0 Å². The van der Waals surface area contributed by atoms with Crippen LogP contribution in [0.2, 0.25) is 5.02 Å². The number of benzene rings is 2. The monoisotopic (exact) mass is 337 g/mol. The summed E-state index contributed by atoms with van der Waals surface area (Å²) in [5.41, 5.74) is 2.53. The van der Waals surface area contributed by atoms with E-state index in [9.17, 15) is 0 Å². The first kappa shape index (κ1) is 14.6. The highest BCUT2D eigenvalue weighted by Gasteiger charge is 2.10. The van der Waals surface area contributed by atoms with E-state index in [0.717, 1.165) is 9.50 Å². The van der Waals surface area contributed by atoms with Gasteiger partial charge in [0, 0.05) is 21.6 Å². The number of hydrogen-bond donors (Lipinski definition) is 1. The van der Waals surface area contributed by atoms with Crippen molar-refractivity contribution in [2.75, 3.05) is 0 Å². The molecular weight excluding hydrogens is 322 g/mol. The Morgan fingerprint density at radius 2 is 1.26 bits per heavy atom. The first-order valence-electron chi connectivity index (χ1n) is 6.33. The van der Waals surface area contributed by atoms with Crippen LogP contribution in [0.1, 0.15) is 37.1 Å². The summed E-state index contributed by atoms with van der Waals surface area (Å²) in [6.45, 7) is 4.34. The molecule has 0 aliphatic rings. The minimum absolute atomic E-state index is 0.288. The van der Waals surface area contributed by atoms with E-state index >= 15 is 0 Å². The van der Waals surface area contributed by atoms with Crippen LogP contribution in [0.3, 0.4) is 0 Å². The maximum absolute atomic E-state index is 5.91. The fraction of sp³-hybridized carbons (Fsp3) is 0.250. The summed E-state index contributed by atoms with van der Waals surface area (Å²) in [5, 5.41) is 4.37. The molecule has 2 aromatic rings. The molecule has 1 unspecified atom stereocenters. The van der Waals surface area contributed by atoms with Crippen LogP contribution in [0.5, 0.6) is 0 Å². The highest BCUT2D eigenvalue weighted by Crippen LogP contribution is 2.22. The van der Waals surface area contributed by atoms with Crippen LogP contribution in [0.4, 0.5) is 0 Å². The molecule has 1 N–H and O–H groups in total. The van der Waals surface area contributed by atoms with Gasteiger partial charge in [0.2, 0.25) is 0 Å². The minimum Gasteiger partial charge on any atom is -0.304 e. The summed E-state index contributed by atoms with van der Waals surface area (Å²) in [7, 11) is 0. The Kier molecular flexibility index (Phi) is 5.03. The third kappa shape index (κ3) is 4.07. The van der Waals surface area contributed by atoms with Crippen LogP contribution >= 0.6 is 27.5 Å². The van der Waals surface area contributed by atoms with Crippen LogP contribution in [-0.4, -0.2) is 0 Å². The Morgan fingerprint density at radius 3 is 1.74 bits per heavy atom. The van der Waals surface area contributed by atoms with Gasteiger partial charge in [0.1, 0.15) is 0 Å². The Morgan fingerprint density at radius 1 is 0.842 bits per heavy atom. The minimum atomic E-state index is 0.288. The van der Waals surface area contributed by atoms with Crippen molar-refractivity contribution in [3.63, 3.8) is 0 Å². The Bertz CT molecular complexity index is 472. The molecule has 1 nitrogen and oxygen atoms in total. The van der Waals surface area contributed by atoms with Gasteiger partial charge in [-0.15, -0.1) is 0 Å². The van der Waals surface area contributed by atoms with Crippen LogP contribution in [0.15, 0.2) is 53.0 Å². The van der Waals surface area contributed by atoms with Crippen molar-refractivity contribution >= 4 is 27.5 Å². The lowest BCUT2D eigenvalue weighted by atomic mass is 10.0. The zero-order chi connectivity index (χ0) is 13.8. The third-order valence-electron chi connectivity index (χ3n) is 3.24.